The Hall–Kier alpha value is -5.60. The second-order valence-corrected chi connectivity index (χ2v) is 16.6. The smallest absolute Gasteiger partial charge is 0.159 e. The third-order valence-electron chi connectivity index (χ3n) is 11.6. The summed E-state index contributed by atoms with van der Waals surface area (Å²) in [4.78, 5) is 0. The Morgan fingerprint density at radius 2 is 1.04 bits per heavy atom. The topological polar surface area (TPSA) is 25.2 Å². The fourth-order valence-corrected chi connectivity index (χ4v) is 9.02. The average Bonchev–Trinajstić information content (AvgIpc) is 3.75. The highest BCUT2D eigenvalue weighted by atomic mass is 16.3. The van der Waals surface area contributed by atoms with E-state index in [1.807, 2.05) is 6.07 Å². The fraction of sp³-hybridized carbons (Fsp3) is 0.184. The number of hydrogen-bond acceptors (Lipinski definition) is 2. The Morgan fingerprint density at radius 3 is 1.73 bits per heavy atom. The zero-order chi connectivity index (χ0) is 34.9. The maximum Gasteiger partial charge on any atom is 0.159 e. The monoisotopic (exact) mass is 659 g/mol. The predicted octanol–water partition coefficient (Wildman–Crippen LogP) is 13.4. The summed E-state index contributed by atoms with van der Waals surface area (Å²) < 4.78 is 6.62. The van der Waals surface area contributed by atoms with Gasteiger partial charge >= 0.3 is 0 Å². The number of nitrogens with one attached hydrogen (secondary N) is 1. The van der Waals surface area contributed by atoms with Crippen molar-refractivity contribution >= 4 is 44.1 Å². The molecule has 248 valence electrons. The van der Waals surface area contributed by atoms with Crippen molar-refractivity contribution in [3.05, 3.63) is 167 Å². The van der Waals surface area contributed by atoms with E-state index in [0.717, 1.165) is 33.3 Å². The van der Waals surface area contributed by atoms with Crippen molar-refractivity contribution in [2.24, 2.45) is 0 Å². The van der Waals surface area contributed by atoms with E-state index in [9.17, 15) is 0 Å². The van der Waals surface area contributed by atoms with Gasteiger partial charge in [-0.1, -0.05) is 151 Å². The van der Waals surface area contributed by atoms with Crippen LogP contribution in [-0.4, -0.2) is 0 Å². The molecule has 1 N–H and O–H groups in total. The van der Waals surface area contributed by atoms with Gasteiger partial charge in [0.15, 0.2) is 5.58 Å². The summed E-state index contributed by atoms with van der Waals surface area (Å²) in [5.41, 5.74) is 16.8. The largest absolute Gasteiger partial charge is 0.454 e. The molecule has 1 heterocycles. The van der Waals surface area contributed by atoms with Crippen molar-refractivity contribution in [1.82, 2.24) is 0 Å². The lowest BCUT2D eigenvalue weighted by atomic mass is 9.68. The number of benzene rings is 7. The lowest BCUT2D eigenvalue weighted by Crippen LogP contribution is -2.27. The average molecular weight is 660 g/mol. The first-order chi connectivity index (χ1) is 24.5. The van der Waals surface area contributed by atoms with Crippen molar-refractivity contribution in [1.29, 1.82) is 0 Å². The third kappa shape index (κ3) is 4.17. The van der Waals surface area contributed by atoms with E-state index in [-0.39, 0.29) is 10.8 Å². The summed E-state index contributed by atoms with van der Waals surface area (Å²) in [6, 6.07) is 49.8. The van der Waals surface area contributed by atoms with Gasteiger partial charge in [0, 0.05) is 16.5 Å². The number of para-hydroxylation sites is 1. The summed E-state index contributed by atoms with van der Waals surface area (Å²) in [6.45, 7) is 13.9. The number of rotatable bonds is 2. The van der Waals surface area contributed by atoms with Crippen LogP contribution in [0, 0.1) is 0 Å². The molecule has 0 aliphatic heterocycles. The molecule has 0 atom stereocenters. The van der Waals surface area contributed by atoms with Crippen molar-refractivity contribution in [3.63, 3.8) is 0 Å². The van der Waals surface area contributed by atoms with Crippen LogP contribution < -0.4 is 5.32 Å². The highest BCUT2D eigenvalue weighted by Gasteiger charge is 2.52. The molecule has 0 radical (unpaired) electrons. The highest BCUT2D eigenvalue weighted by Crippen LogP contribution is 2.64. The van der Waals surface area contributed by atoms with Gasteiger partial charge in [-0.25, -0.2) is 0 Å². The molecule has 2 nitrogen and oxygen atoms in total. The first kappa shape index (κ1) is 30.2. The molecule has 1 spiro atoms. The van der Waals surface area contributed by atoms with Gasteiger partial charge in [-0.3, -0.25) is 0 Å². The Labute approximate surface area is 299 Å². The van der Waals surface area contributed by atoms with Gasteiger partial charge in [-0.15, -0.1) is 0 Å². The second-order valence-electron chi connectivity index (χ2n) is 16.6. The van der Waals surface area contributed by atoms with E-state index in [2.05, 4.69) is 174 Å². The molecule has 0 bridgehead atoms. The van der Waals surface area contributed by atoms with Gasteiger partial charge in [0.05, 0.1) is 11.1 Å². The number of fused-ring (bicyclic) bond motifs is 15. The molecule has 2 aliphatic rings. The molecule has 8 aromatic rings. The number of anilines is 2. The molecule has 2 aliphatic carbocycles. The molecule has 10 rings (SSSR count). The van der Waals surface area contributed by atoms with Crippen molar-refractivity contribution in [2.75, 3.05) is 5.32 Å². The first-order valence-corrected chi connectivity index (χ1v) is 18.2. The quantitative estimate of drug-likeness (QED) is 0.200. The predicted molar refractivity (Wildman–Crippen MR) is 215 cm³/mol. The van der Waals surface area contributed by atoms with Crippen LogP contribution >= 0.6 is 0 Å². The van der Waals surface area contributed by atoms with E-state index in [1.54, 1.807) is 0 Å². The second kappa shape index (κ2) is 10.2. The Kier molecular flexibility index (Phi) is 6.07. The normalized spacial score (nSPS) is 14.2. The fourth-order valence-electron chi connectivity index (χ4n) is 9.02. The minimum Gasteiger partial charge on any atom is -0.454 e. The lowest BCUT2D eigenvalue weighted by molar-refractivity contribution is 0.586. The van der Waals surface area contributed by atoms with E-state index in [0.29, 0.717) is 0 Å². The minimum absolute atomic E-state index is 0.0138. The molecule has 1 aromatic heterocycles. The molecule has 0 saturated carbocycles. The van der Waals surface area contributed by atoms with Gasteiger partial charge in [-0.05, 0) is 102 Å². The van der Waals surface area contributed by atoms with Gasteiger partial charge in [0.25, 0.3) is 0 Å². The third-order valence-corrected chi connectivity index (χ3v) is 11.6. The molecular weight excluding hydrogens is 619 g/mol. The zero-order valence-corrected chi connectivity index (χ0v) is 30.1. The van der Waals surface area contributed by atoms with Gasteiger partial charge < -0.3 is 9.73 Å². The summed E-state index contributed by atoms with van der Waals surface area (Å²) in [7, 11) is 0. The summed E-state index contributed by atoms with van der Waals surface area (Å²) in [6.07, 6.45) is 0. The summed E-state index contributed by atoms with van der Waals surface area (Å²) in [5.74, 6) is 0. The molecule has 2 heteroatoms. The molecule has 0 fully saturated rings. The molecule has 0 unspecified atom stereocenters. The van der Waals surface area contributed by atoms with Gasteiger partial charge in [-0.2, -0.15) is 0 Å². The van der Waals surface area contributed by atoms with E-state index < -0.39 is 5.41 Å². The van der Waals surface area contributed by atoms with Crippen LogP contribution in [0.5, 0.6) is 0 Å². The number of furan rings is 1. The number of hydrogen-bond donors (Lipinski definition) is 1. The molecular formula is C49H41NO. The maximum absolute atomic E-state index is 6.62. The van der Waals surface area contributed by atoms with Crippen LogP contribution in [0.1, 0.15) is 74.9 Å². The standard InChI is InChI=1S/C49H41NO/c1-47(2,3)30-19-22-35-36-23-20-31(48(4,5)6)27-41(36)49(40(35)26-30)39-17-11-9-15-34(39)37-24-21-32(28-42(37)49)50-43-25-29-13-7-8-14-33(29)45-38-16-10-12-18-44(38)51-46(43)45/h7-28,50H,1-6H3. The summed E-state index contributed by atoms with van der Waals surface area (Å²) >= 11 is 0. The van der Waals surface area contributed by atoms with Crippen molar-refractivity contribution in [2.45, 2.75) is 57.8 Å². The van der Waals surface area contributed by atoms with Gasteiger partial charge in [0.1, 0.15) is 5.58 Å². The molecule has 0 saturated heterocycles. The van der Waals surface area contributed by atoms with Crippen LogP contribution in [0.15, 0.2) is 138 Å². The highest BCUT2D eigenvalue weighted by molar-refractivity contribution is 6.22. The van der Waals surface area contributed by atoms with Crippen LogP contribution in [0.2, 0.25) is 0 Å². The van der Waals surface area contributed by atoms with Crippen LogP contribution in [-0.2, 0) is 16.2 Å². The van der Waals surface area contributed by atoms with Crippen molar-refractivity contribution in [3.8, 4) is 22.3 Å². The minimum atomic E-state index is -0.450. The molecule has 7 aromatic carbocycles. The van der Waals surface area contributed by atoms with Crippen LogP contribution in [0.3, 0.4) is 0 Å². The Balaban J connectivity index is 1.25. The van der Waals surface area contributed by atoms with Crippen LogP contribution in [0.4, 0.5) is 11.4 Å². The SMILES string of the molecule is CC(C)(C)c1ccc2c(c1)C1(c3ccccc3-c3ccc(Nc4cc5ccccc5c5c4oc4ccccc45)cc31)c1cc(C(C)(C)C)ccc1-2. The van der Waals surface area contributed by atoms with Crippen molar-refractivity contribution < 1.29 is 4.42 Å². The van der Waals surface area contributed by atoms with E-state index >= 15 is 0 Å². The van der Waals surface area contributed by atoms with Gasteiger partial charge in [0.2, 0.25) is 0 Å². The van der Waals surface area contributed by atoms with E-state index in [1.165, 1.54) is 66.4 Å². The van der Waals surface area contributed by atoms with E-state index in [4.69, 9.17) is 4.42 Å². The zero-order valence-electron chi connectivity index (χ0n) is 30.1. The summed E-state index contributed by atoms with van der Waals surface area (Å²) in [5, 5.41) is 8.57. The first-order valence-electron chi connectivity index (χ1n) is 18.2. The maximum atomic E-state index is 6.62. The Morgan fingerprint density at radius 1 is 0.490 bits per heavy atom. The lowest BCUT2D eigenvalue weighted by Gasteiger charge is -2.33. The molecule has 51 heavy (non-hydrogen) atoms. The van der Waals surface area contributed by atoms with Crippen LogP contribution in [0.25, 0.3) is 55.0 Å². The Bertz CT molecular complexity index is 2680. The molecule has 0 amide bonds.